The molecule has 0 radical (unpaired) electrons. The van der Waals surface area contributed by atoms with E-state index in [1.54, 1.807) is 14.2 Å². The average Bonchev–Trinajstić information content (AvgIpc) is 3.32. The predicted octanol–water partition coefficient (Wildman–Crippen LogP) is 5.77. The molecule has 0 unspecified atom stereocenters. The minimum Gasteiger partial charge on any atom is -0.493 e. The fourth-order valence-corrected chi connectivity index (χ4v) is 4.69. The lowest BCUT2D eigenvalue weighted by molar-refractivity contribution is -0.120. The van der Waals surface area contributed by atoms with Gasteiger partial charge >= 0.3 is 0 Å². The Labute approximate surface area is 231 Å². The maximum atomic E-state index is 12.4. The van der Waals surface area contributed by atoms with Crippen molar-refractivity contribution >= 4 is 16.9 Å². The van der Waals surface area contributed by atoms with Crippen LogP contribution < -0.4 is 19.5 Å². The van der Waals surface area contributed by atoms with Crippen LogP contribution in [0.1, 0.15) is 43.1 Å². The van der Waals surface area contributed by atoms with Crippen molar-refractivity contribution in [3.05, 3.63) is 83.7 Å². The van der Waals surface area contributed by atoms with Crippen LogP contribution in [0.5, 0.6) is 17.2 Å². The van der Waals surface area contributed by atoms with Crippen molar-refractivity contribution in [2.45, 2.75) is 52.0 Å². The van der Waals surface area contributed by atoms with Crippen LogP contribution in [0.4, 0.5) is 0 Å². The molecule has 0 spiro atoms. The van der Waals surface area contributed by atoms with Gasteiger partial charge in [-0.2, -0.15) is 0 Å². The molecule has 1 aromatic heterocycles. The molecule has 0 aliphatic heterocycles. The summed E-state index contributed by atoms with van der Waals surface area (Å²) in [5, 5.41) is 3.03. The number of unbranched alkanes of at least 4 members (excludes halogenated alkanes) is 2. The Morgan fingerprint density at radius 1 is 0.897 bits per heavy atom. The van der Waals surface area contributed by atoms with Crippen LogP contribution in [-0.4, -0.2) is 42.8 Å². The number of rotatable bonds is 15. The number of aromatic nitrogens is 2. The Hall–Kier alpha value is -4.00. The molecular weight excluding hydrogens is 490 g/mol. The number of benzene rings is 3. The maximum Gasteiger partial charge on any atom is 0.224 e. The lowest BCUT2D eigenvalue weighted by atomic mass is 10.1. The Kier molecular flexibility index (Phi) is 10.2. The van der Waals surface area contributed by atoms with Gasteiger partial charge in [0.15, 0.2) is 11.5 Å². The number of imidazole rings is 1. The number of amides is 1. The molecule has 0 atom stereocenters. The highest BCUT2D eigenvalue weighted by molar-refractivity contribution is 5.78. The zero-order chi connectivity index (χ0) is 27.5. The molecule has 0 saturated carbocycles. The smallest absolute Gasteiger partial charge is 0.224 e. The molecule has 3 aromatic carbocycles. The topological polar surface area (TPSA) is 74.6 Å². The van der Waals surface area contributed by atoms with Crippen molar-refractivity contribution in [1.82, 2.24) is 14.9 Å². The quantitative estimate of drug-likeness (QED) is 0.198. The molecule has 39 heavy (non-hydrogen) atoms. The van der Waals surface area contributed by atoms with E-state index >= 15 is 0 Å². The lowest BCUT2D eigenvalue weighted by Gasteiger charge is -2.11. The molecule has 0 aliphatic carbocycles. The first kappa shape index (κ1) is 28.0. The Bertz CT molecular complexity index is 1350. The van der Waals surface area contributed by atoms with Crippen molar-refractivity contribution in [2.75, 3.05) is 27.4 Å². The monoisotopic (exact) mass is 529 g/mol. The van der Waals surface area contributed by atoms with Crippen LogP contribution in [0.2, 0.25) is 0 Å². The highest BCUT2D eigenvalue weighted by Gasteiger charge is 2.11. The molecule has 0 aliphatic rings. The summed E-state index contributed by atoms with van der Waals surface area (Å²) in [5.41, 5.74) is 4.36. The second-order valence-corrected chi connectivity index (χ2v) is 9.54. The SMILES string of the molecule is CCc1ccc(OCCn2c(CCCCCNC(=O)Cc3ccc(OC)c(OC)c3)nc3ccccc32)cc1. The second-order valence-electron chi connectivity index (χ2n) is 9.54. The van der Waals surface area contributed by atoms with E-state index < -0.39 is 0 Å². The minimum absolute atomic E-state index is 0.00773. The van der Waals surface area contributed by atoms with Gasteiger partial charge in [0, 0.05) is 13.0 Å². The van der Waals surface area contributed by atoms with E-state index in [1.165, 1.54) is 5.56 Å². The first-order chi connectivity index (χ1) is 19.1. The van der Waals surface area contributed by atoms with Crippen LogP contribution >= 0.6 is 0 Å². The summed E-state index contributed by atoms with van der Waals surface area (Å²) < 4.78 is 18.9. The third kappa shape index (κ3) is 7.76. The van der Waals surface area contributed by atoms with Crippen molar-refractivity contribution in [1.29, 1.82) is 0 Å². The van der Waals surface area contributed by atoms with Crippen LogP contribution in [0, 0.1) is 0 Å². The third-order valence-electron chi connectivity index (χ3n) is 6.86. The Morgan fingerprint density at radius 2 is 1.67 bits per heavy atom. The fraction of sp³-hybridized carbons (Fsp3) is 0.375. The molecule has 0 bridgehead atoms. The Morgan fingerprint density at radius 3 is 2.44 bits per heavy atom. The van der Waals surface area contributed by atoms with Gasteiger partial charge in [-0.15, -0.1) is 0 Å². The van der Waals surface area contributed by atoms with Gasteiger partial charge in [-0.3, -0.25) is 4.79 Å². The Balaban J connectivity index is 1.22. The number of aryl methyl sites for hydroxylation is 2. The van der Waals surface area contributed by atoms with Gasteiger partial charge in [0.2, 0.25) is 5.91 Å². The van der Waals surface area contributed by atoms with Gasteiger partial charge < -0.3 is 24.1 Å². The standard InChI is InChI=1S/C32H39N3O4/c1-4-24-13-16-26(17-14-24)39-21-20-35-28-11-8-7-10-27(28)34-31(35)12-6-5-9-19-33-32(36)23-25-15-18-29(37-2)30(22-25)38-3/h7-8,10-11,13-18,22H,4-6,9,12,19-21,23H2,1-3H3,(H,33,36). The molecule has 0 fully saturated rings. The van der Waals surface area contributed by atoms with Gasteiger partial charge in [-0.25, -0.2) is 4.98 Å². The van der Waals surface area contributed by atoms with Crippen LogP contribution in [0.25, 0.3) is 11.0 Å². The van der Waals surface area contributed by atoms with E-state index in [2.05, 4.69) is 47.1 Å². The largest absolute Gasteiger partial charge is 0.493 e. The number of carbonyl (C=O) groups is 1. The lowest BCUT2D eigenvalue weighted by Crippen LogP contribution is -2.26. The molecule has 7 nitrogen and oxygen atoms in total. The van der Waals surface area contributed by atoms with Crippen molar-refractivity contribution < 1.29 is 19.0 Å². The average molecular weight is 530 g/mol. The van der Waals surface area contributed by atoms with Crippen LogP contribution in [-0.2, 0) is 30.6 Å². The van der Waals surface area contributed by atoms with E-state index in [-0.39, 0.29) is 5.91 Å². The second kappa shape index (κ2) is 14.2. The summed E-state index contributed by atoms with van der Waals surface area (Å²) in [6.45, 7) is 4.15. The molecule has 4 aromatic rings. The molecule has 7 heteroatoms. The highest BCUT2D eigenvalue weighted by Crippen LogP contribution is 2.27. The summed E-state index contributed by atoms with van der Waals surface area (Å²) in [5.74, 6) is 3.27. The van der Waals surface area contributed by atoms with Crippen molar-refractivity contribution in [3.8, 4) is 17.2 Å². The first-order valence-corrected chi connectivity index (χ1v) is 13.7. The van der Waals surface area contributed by atoms with Gasteiger partial charge in [0.05, 0.1) is 38.2 Å². The van der Waals surface area contributed by atoms with Crippen LogP contribution in [0.3, 0.4) is 0 Å². The number of nitrogens with one attached hydrogen (secondary N) is 1. The first-order valence-electron chi connectivity index (χ1n) is 13.7. The fourth-order valence-electron chi connectivity index (χ4n) is 4.69. The number of ether oxygens (including phenoxy) is 3. The van der Waals surface area contributed by atoms with E-state index in [0.29, 0.717) is 31.1 Å². The highest BCUT2D eigenvalue weighted by atomic mass is 16.5. The van der Waals surface area contributed by atoms with E-state index in [4.69, 9.17) is 19.2 Å². The zero-order valence-corrected chi connectivity index (χ0v) is 23.2. The molecule has 4 rings (SSSR count). The molecule has 1 N–H and O–H groups in total. The zero-order valence-electron chi connectivity index (χ0n) is 23.2. The minimum atomic E-state index is 0.00773. The number of hydrogen-bond acceptors (Lipinski definition) is 5. The molecular formula is C32H39N3O4. The van der Waals surface area contributed by atoms with Gasteiger partial charge in [-0.1, -0.05) is 43.7 Å². The third-order valence-corrected chi connectivity index (χ3v) is 6.86. The van der Waals surface area contributed by atoms with E-state index in [0.717, 1.165) is 66.8 Å². The maximum absolute atomic E-state index is 12.4. The summed E-state index contributed by atoms with van der Waals surface area (Å²) in [7, 11) is 3.19. The molecule has 0 saturated heterocycles. The number of nitrogens with zero attached hydrogens (tertiary/aromatic N) is 2. The summed E-state index contributed by atoms with van der Waals surface area (Å²) in [4.78, 5) is 17.3. The predicted molar refractivity (Wildman–Crippen MR) is 155 cm³/mol. The normalized spacial score (nSPS) is 10.9. The number of fused-ring (bicyclic) bond motifs is 1. The van der Waals surface area contributed by atoms with Crippen molar-refractivity contribution in [3.63, 3.8) is 0 Å². The number of hydrogen-bond donors (Lipinski definition) is 1. The van der Waals surface area contributed by atoms with E-state index in [9.17, 15) is 4.79 Å². The summed E-state index contributed by atoms with van der Waals surface area (Å²) >= 11 is 0. The van der Waals surface area contributed by atoms with E-state index in [1.807, 2.05) is 36.4 Å². The molecule has 206 valence electrons. The molecule has 1 amide bonds. The number of carbonyl (C=O) groups excluding carboxylic acids is 1. The summed E-state index contributed by atoms with van der Waals surface area (Å²) in [6, 6.07) is 22.1. The number of para-hydroxylation sites is 2. The van der Waals surface area contributed by atoms with Crippen molar-refractivity contribution in [2.24, 2.45) is 0 Å². The van der Waals surface area contributed by atoms with Gasteiger partial charge in [-0.05, 0) is 66.8 Å². The number of methoxy groups -OCH3 is 2. The van der Waals surface area contributed by atoms with Gasteiger partial charge in [0.1, 0.15) is 18.2 Å². The van der Waals surface area contributed by atoms with Crippen LogP contribution in [0.15, 0.2) is 66.7 Å². The van der Waals surface area contributed by atoms with Gasteiger partial charge in [0.25, 0.3) is 0 Å². The summed E-state index contributed by atoms with van der Waals surface area (Å²) in [6.07, 6.45) is 5.17. The molecule has 1 heterocycles.